The van der Waals surface area contributed by atoms with Crippen molar-refractivity contribution in [2.45, 2.75) is 38.8 Å². The monoisotopic (exact) mass is 467 g/mol. The van der Waals surface area contributed by atoms with Gasteiger partial charge >= 0.3 is 0 Å². The van der Waals surface area contributed by atoms with Crippen LogP contribution in [0.5, 0.6) is 0 Å². The molecule has 11 nitrogen and oxygen atoms in total. The lowest BCUT2D eigenvalue weighted by Crippen LogP contribution is -2.47. The lowest BCUT2D eigenvalue weighted by molar-refractivity contribution is -0.132. The molecule has 1 amide bonds. The molecule has 0 saturated carbocycles. The Morgan fingerprint density at radius 1 is 1.12 bits per heavy atom. The molecule has 34 heavy (non-hydrogen) atoms. The molecule has 0 unspecified atom stereocenters. The van der Waals surface area contributed by atoms with E-state index in [1.54, 1.807) is 12.4 Å². The first-order valence-corrected chi connectivity index (χ1v) is 12.0. The summed E-state index contributed by atoms with van der Waals surface area (Å²) in [6.07, 6.45) is 5.17. The molecule has 3 aliphatic rings. The van der Waals surface area contributed by atoms with E-state index in [1.807, 2.05) is 18.7 Å². The number of likely N-dealkylation sites (tertiary alicyclic amines) is 1. The summed E-state index contributed by atoms with van der Waals surface area (Å²) >= 11 is 0. The molecular weight excluding hydrogens is 434 g/mol. The average molecular weight is 468 g/mol. The van der Waals surface area contributed by atoms with Crippen LogP contribution in [0.1, 0.15) is 25.8 Å². The van der Waals surface area contributed by atoms with Crippen molar-refractivity contribution in [3.8, 4) is 11.3 Å². The molecule has 2 aromatic rings. The second-order valence-electron chi connectivity index (χ2n) is 9.54. The lowest BCUT2D eigenvalue weighted by Gasteiger charge is -2.30. The highest BCUT2D eigenvalue weighted by molar-refractivity contribution is 5.82. The number of nitrogen functional groups attached to an aromatic ring is 1. The summed E-state index contributed by atoms with van der Waals surface area (Å²) in [7, 11) is 0. The molecule has 0 radical (unpaired) electrons. The standard InChI is InChI=1S/C23H33N9O2/c1-14(2)18(24)21(33)31-5-3-16(13-31)32-6-4-17-19(15-11-26-22(25)27-12-15)28-23(29-20(17)32)30-7-9-34-10-8-30/h11-12,14,16,18H,3-10,13,24H2,1-2H3,(H2,25,26,27)/t16-,18+/m0/s1. The molecule has 4 N–H and O–H groups in total. The minimum absolute atomic E-state index is 0.0355. The van der Waals surface area contributed by atoms with Crippen molar-refractivity contribution in [3.63, 3.8) is 0 Å². The molecule has 0 bridgehead atoms. The Kier molecular flexibility index (Phi) is 6.22. The van der Waals surface area contributed by atoms with Gasteiger partial charge in [-0.05, 0) is 18.8 Å². The summed E-state index contributed by atoms with van der Waals surface area (Å²) in [6.45, 7) is 8.98. The van der Waals surface area contributed by atoms with E-state index in [-0.39, 0.29) is 23.8 Å². The van der Waals surface area contributed by atoms with E-state index < -0.39 is 6.04 Å². The molecule has 5 heterocycles. The summed E-state index contributed by atoms with van der Waals surface area (Å²) in [4.78, 5) is 37.6. The van der Waals surface area contributed by atoms with Crippen molar-refractivity contribution in [1.82, 2.24) is 24.8 Å². The van der Waals surface area contributed by atoms with Gasteiger partial charge in [0.25, 0.3) is 0 Å². The van der Waals surface area contributed by atoms with Gasteiger partial charge in [0.15, 0.2) is 0 Å². The maximum absolute atomic E-state index is 12.8. The summed E-state index contributed by atoms with van der Waals surface area (Å²) in [5.74, 6) is 2.02. The molecular formula is C23H33N9O2. The normalized spacial score (nSPS) is 21.3. The van der Waals surface area contributed by atoms with Crippen molar-refractivity contribution in [2.75, 3.05) is 61.5 Å². The number of fused-ring (bicyclic) bond motifs is 1. The van der Waals surface area contributed by atoms with Crippen molar-refractivity contribution in [2.24, 2.45) is 11.7 Å². The maximum Gasteiger partial charge on any atom is 0.239 e. The molecule has 3 aliphatic heterocycles. The molecule has 0 aliphatic carbocycles. The van der Waals surface area contributed by atoms with Gasteiger partial charge in [0.2, 0.25) is 17.8 Å². The Hall–Kier alpha value is -3.05. The molecule has 11 heteroatoms. The number of ether oxygens (including phenoxy) is 1. The number of anilines is 3. The third kappa shape index (κ3) is 4.25. The topological polar surface area (TPSA) is 140 Å². The van der Waals surface area contributed by atoms with E-state index in [0.717, 1.165) is 61.7 Å². The SMILES string of the molecule is CC(C)[C@@H](N)C(=O)N1CC[C@H](N2CCc3c(-c4cnc(N)nc4)nc(N4CCOCC4)nc32)C1. The quantitative estimate of drug-likeness (QED) is 0.631. The number of hydrogen-bond acceptors (Lipinski definition) is 10. The van der Waals surface area contributed by atoms with E-state index in [2.05, 4.69) is 19.8 Å². The van der Waals surface area contributed by atoms with Gasteiger partial charge in [-0.15, -0.1) is 0 Å². The Labute approximate surface area is 199 Å². The van der Waals surface area contributed by atoms with Crippen molar-refractivity contribution >= 4 is 23.6 Å². The first kappa shape index (κ1) is 22.7. The zero-order valence-electron chi connectivity index (χ0n) is 19.9. The number of aromatic nitrogens is 4. The van der Waals surface area contributed by atoms with E-state index in [9.17, 15) is 4.79 Å². The van der Waals surface area contributed by atoms with Gasteiger partial charge in [-0.1, -0.05) is 13.8 Å². The van der Waals surface area contributed by atoms with E-state index in [0.29, 0.717) is 25.7 Å². The Morgan fingerprint density at radius 2 is 1.85 bits per heavy atom. The fourth-order valence-corrected chi connectivity index (χ4v) is 4.92. The molecule has 2 aromatic heterocycles. The number of carbonyl (C=O) groups is 1. The van der Waals surface area contributed by atoms with Crippen LogP contribution in [0.25, 0.3) is 11.3 Å². The van der Waals surface area contributed by atoms with Crippen molar-refractivity contribution in [3.05, 3.63) is 18.0 Å². The number of rotatable bonds is 5. The predicted octanol–water partition coefficient (Wildman–Crippen LogP) is 0.299. The van der Waals surface area contributed by atoms with Crippen LogP contribution in [0, 0.1) is 5.92 Å². The van der Waals surface area contributed by atoms with Crippen molar-refractivity contribution < 1.29 is 9.53 Å². The molecule has 5 rings (SSSR count). The fourth-order valence-electron chi connectivity index (χ4n) is 4.92. The third-order valence-electron chi connectivity index (χ3n) is 7.01. The molecule has 0 aromatic carbocycles. The highest BCUT2D eigenvalue weighted by atomic mass is 16.5. The predicted molar refractivity (Wildman–Crippen MR) is 129 cm³/mol. The van der Waals surface area contributed by atoms with Crippen LogP contribution >= 0.6 is 0 Å². The first-order valence-electron chi connectivity index (χ1n) is 12.0. The van der Waals surface area contributed by atoms with Crippen LogP contribution < -0.4 is 21.3 Å². The van der Waals surface area contributed by atoms with Gasteiger partial charge in [-0.2, -0.15) is 4.98 Å². The number of amides is 1. The molecule has 2 atom stereocenters. The van der Waals surface area contributed by atoms with Crippen molar-refractivity contribution in [1.29, 1.82) is 0 Å². The highest BCUT2D eigenvalue weighted by Crippen LogP contribution is 2.37. The minimum atomic E-state index is -0.461. The summed E-state index contributed by atoms with van der Waals surface area (Å²) < 4.78 is 5.53. The Bertz CT molecular complexity index is 1040. The highest BCUT2D eigenvalue weighted by Gasteiger charge is 2.38. The summed E-state index contributed by atoms with van der Waals surface area (Å²) in [6, 6.07) is -0.260. The summed E-state index contributed by atoms with van der Waals surface area (Å²) in [5, 5.41) is 0. The largest absolute Gasteiger partial charge is 0.378 e. The van der Waals surface area contributed by atoms with Gasteiger partial charge in [0, 0.05) is 62.3 Å². The van der Waals surface area contributed by atoms with E-state index in [1.165, 1.54) is 0 Å². The number of morpholine rings is 1. The number of nitrogens with two attached hydrogens (primary N) is 2. The van der Waals surface area contributed by atoms with Gasteiger partial charge < -0.3 is 30.9 Å². The smallest absolute Gasteiger partial charge is 0.239 e. The second-order valence-corrected chi connectivity index (χ2v) is 9.54. The molecule has 2 saturated heterocycles. The zero-order valence-corrected chi connectivity index (χ0v) is 19.9. The van der Waals surface area contributed by atoms with Crippen LogP contribution in [0.15, 0.2) is 12.4 Å². The summed E-state index contributed by atoms with van der Waals surface area (Å²) in [5.41, 5.74) is 14.6. The van der Waals surface area contributed by atoms with Gasteiger partial charge in [-0.25, -0.2) is 15.0 Å². The maximum atomic E-state index is 12.8. The van der Waals surface area contributed by atoms with E-state index >= 15 is 0 Å². The lowest BCUT2D eigenvalue weighted by atomic mass is 10.0. The molecule has 0 spiro atoms. The van der Waals surface area contributed by atoms with Crippen LogP contribution in [-0.2, 0) is 16.0 Å². The van der Waals surface area contributed by atoms with Crippen LogP contribution in [0.3, 0.4) is 0 Å². The Morgan fingerprint density at radius 3 is 2.56 bits per heavy atom. The fraction of sp³-hybridized carbons (Fsp3) is 0.609. The number of carbonyl (C=O) groups excluding carboxylic acids is 1. The first-order chi connectivity index (χ1) is 16.4. The third-order valence-corrected chi connectivity index (χ3v) is 7.01. The zero-order chi connectivity index (χ0) is 23.8. The number of nitrogens with zero attached hydrogens (tertiary/aromatic N) is 7. The molecule has 2 fully saturated rings. The minimum Gasteiger partial charge on any atom is -0.378 e. The van der Waals surface area contributed by atoms with Crippen LogP contribution in [-0.4, -0.2) is 88.8 Å². The number of hydrogen-bond donors (Lipinski definition) is 2. The van der Waals surface area contributed by atoms with Gasteiger partial charge in [-0.3, -0.25) is 4.79 Å². The van der Waals surface area contributed by atoms with Gasteiger partial charge in [0.1, 0.15) is 5.82 Å². The molecule has 182 valence electrons. The van der Waals surface area contributed by atoms with E-state index in [4.69, 9.17) is 26.2 Å². The van der Waals surface area contributed by atoms with Crippen LogP contribution in [0.4, 0.5) is 17.7 Å². The van der Waals surface area contributed by atoms with Gasteiger partial charge in [0.05, 0.1) is 24.9 Å². The van der Waals surface area contributed by atoms with Crippen LogP contribution in [0.2, 0.25) is 0 Å². The second kappa shape index (κ2) is 9.30. The Balaban J connectivity index is 1.46. The average Bonchev–Trinajstić information content (AvgIpc) is 3.51.